The van der Waals surface area contributed by atoms with Crippen molar-refractivity contribution >= 4 is 24.0 Å². The number of anilines is 1. The fourth-order valence-corrected chi connectivity index (χ4v) is 3.05. The maximum Gasteiger partial charge on any atom is 0.252 e. The normalized spacial score (nSPS) is 16.2. The monoisotopic (exact) mass is 350 g/mol. The number of aromatic nitrogens is 2. The Morgan fingerprint density at radius 3 is 2.58 bits per heavy atom. The van der Waals surface area contributed by atoms with Gasteiger partial charge < -0.3 is 15.7 Å². The van der Waals surface area contributed by atoms with Crippen LogP contribution in [0, 0.1) is 0 Å². The van der Waals surface area contributed by atoms with Crippen LogP contribution in [0.1, 0.15) is 18.4 Å². The predicted molar refractivity (Wildman–Crippen MR) is 95.4 cm³/mol. The molecule has 1 aliphatic heterocycles. The van der Waals surface area contributed by atoms with Gasteiger partial charge in [0, 0.05) is 24.7 Å². The summed E-state index contributed by atoms with van der Waals surface area (Å²) in [5.41, 5.74) is 1.18. The van der Waals surface area contributed by atoms with Gasteiger partial charge in [-0.1, -0.05) is 12.1 Å². The van der Waals surface area contributed by atoms with E-state index in [1.807, 2.05) is 36.5 Å². The fraction of sp³-hybridized carbons (Fsp3) is 0.412. The molecule has 3 rings (SSSR count). The summed E-state index contributed by atoms with van der Waals surface area (Å²) in [5.74, 6) is -0.0300. The van der Waals surface area contributed by atoms with Gasteiger partial charge in [0.1, 0.15) is 5.54 Å². The first-order valence-corrected chi connectivity index (χ1v) is 7.97. The van der Waals surface area contributed by atoms with Gasteiger partial charge in [-0.25, -0.2) is 0 Å². The highest BCUT2D eigenvalue weighted by molar-refractivity contribution is 5.96. The number of carbonyl (C=O) groups is 1. The van der Waals surface area contributed by atoms with E-state index in [2.05, 4.69) is 15.7 Å². The van der Waals surface area contributed by atoms with E-state index in [1.54, 1.807) is 10.9 Å². The maximum absolute atomic E-state index is 13.0. The summed E-state index contributed by atoms with van der Waals surface area (Å²) in [5, 5.41) is 19.6. The molecule has 0 atom stereocenters. The van der Waals surface area contributed by atoms with Gasteiger partial charge in [0.2, 0.25) is 0 Å². The van der Waals surface area contributed by atoms with Crippen molar-refractivity contribution in [2.45, 2.75) is 24.8 Å². The molecule has 0 radical (unpaired) electrons. The number of aliphatic hydroxyl groups excluding tert-OH is 1. The van der Waals surface area contributed by atoms with Crippen molar-refractivity contribution < 1.29 is 9.90 Å². The Balaban J connectivity index is 0.00000208. The van der Waals surface area contributed by atoms with E-state index >= 15 is 0 Å². The number of carbonyl (C=O) groups excluding carboxylic acids is 1. The number of benzene rings is 1. The van der Waals surface area contributed by atoms with Gasteiger partial charge >= 0.3 is 0 Å². The third-order valence-electron chi connectivity index (χ3n) is 4.41. The molecule has 1 saturated heterocycles. The maximum atomic E-state index is 13.0. The minimum Gasteiger partial charge on any atom is -0.396 e. The molecule has 0 spiro atoms. The first-order valence-electron chi connectivity index (χ1n) is 7.97. The SMILES string of the molecule is Cl.O=C(Nc1ccc(CCO)cc1)C1(n2cccn2)CCNCC1. The van der Waals surface area contributed by atoms with Crippen molar-refractivity contribution in [1.29, 1.82) is 0 Å². The predicted octanol–water partition coefficient (Wildman–Crippen LogP) is 1.56. The van der Waals surface area contributed by atoms with Crippen LogP contribution in [0.3, 0.4) is 0 Å². The summed E-state index contributed by atoms with van der Waals surface area (Å²) in [6.07, 6.45) is 5.61. The summed E-state index contributed by atoms with van der Waals surface area (Å²) >= 11 is 0. The van der Waals surface area contributed by atoms with E-state index in [-0.39, 0.29) is 24.9 Å². The molecular weight excluding hydrogens is 328 g/mol. The topological polar surface area (TPSA) is 79.2 Å². The summed E-state index contributed by atoms with van der Waals surface area (Å²) in [4.78, 5) is 13.0. The molecular formula is C17H23ClN4O2. The summed E-state index contributed by atoms with van der Waals surface area (Å²) in [6.45, 7) is 1.71. The molecule has 1 amide bonds. The summed E-state index contributed by atoms with van der Waals surface area (Å²) < 4.78 is 1.78. The van der Waals surface area contributed by atoms with Crippen LogP contribution >= 0.6 is 12.4 Å². The average Bonchev–Trinajstić information content (AvgIpc) is 3.12. The Morgan fingerprint density at radius 2 is 2.00 bits per heavy atom. The van der Waals surface area contributed by atoms with Gasteiger partial charge in [0.15, 0.2) is 0 Å². The number of nitrogens with zero attached hydrogens (tertiary/aromatic N) is 2. The van der Waals surface area contributed by atoms with Crippen molar-refractivity contribution in [3.05, 3.63) is 48.3 Å². The van der Waals surface area contributed by atoms with Crippen molar-refractivity contribution in [1.82, 2.24) is 15.1 Å². The van der Waals surface area contributed by atoms with Gasteiger partial charge in [-0.05, 0) is 56.1 Å². The zero-order valence-electron chi connectivity index (χ0n) is 13.4. The molecule has 24 heavy (non-hydrogen) atoms. The fourth-order valence-electron chi connectivity index (χ4n) is 3.05. The number of aliphatic hydroxyl groups is 1. The van der Waals surface area contributed by atoms with Crippen LogP contribution in [-0.2, 0) is 16.8 Å². The lowest BCUT2D eigenvalue weighted by atomic mass is 9.87. The number of rotatable bonds is 5. The number of nitrogens with one attached hydrogen (secondary N) is 2. The van der Waals surface area contributed by atoms with E-state index in [0.29, 0.717) is 19.3 Å². The number of hydrogen-bond donors (Lipinski definition) is 3. The molecule has 6 nitrogen and oxygen atoms in total. The molecule has 0 aliphatic carbocycles. The average molecular weight is 351 g/mol. The highest BCUT2D eigenvalue weighted by Crippen LogP contribution is 2.28. The zero-order valence-corrected chi connectivity index (χ0v) is 14.3. The van der Waals surface area contributed by atoms with Crippen molar-refractivity contribution in [2.75, 3.05) is 25.0 Å². The van der Waals surface area contributed by atoms with Crippen LogP contribution in [0.2, 0.25) is 0 Å². The number of amides is 1. The van der Waals surface area contributed by atoms with E-state index in [0.717, 1.165) is 24.3 Å². The minimum atomic E-state index is -0.640. The molecule has 1 fully saturated rings. The van der Waals surface area contributed by atoms with Crippen molar-refractivity contribution in [2.24, 2.45) is 0 Å². The summed E-state index contributed by atoms with van der Waals surface area (Å²) in [6, 6.07) is 9.45. The third-order valence-corrected chi connectivity index (χ3v) is 4.41. The molecule has 2 aromatic rings. The first-order chi connectivity index (χ1) is 11.2. The molecule has 130 valence electrons. The smallest absolute Gasteiger partial charge is 0.252 e. The van der Waals surface area contributed by atoms with Gasteiger partial charge in [-0.15, -0.1) is 12.4 Å². The van der Waals surface area contributed by atoms with Crippen molar-refractivity contribution in [3.63, 3.8) is 0 Å². The highest BCUT2D eigenvalue weighted by Gasteiger charge is 2.41. The van der Waals surface area contributed by atoms with Gasteiger partial charge in [-0.3, -0.25) is 9.48 Å². The second-order valence-electron chi connectivity index (χ2n) is 5.86. The van der Waals surface area contributed by atoms with Gasteiger partial charge in [0.25, 0.3) is 5.91 Å². The van der Waals surface area contributed by atoms with Crippen LogP contribution in [0.25, 0.3) is 0 Å². The Bertz CT molecular complexity index is 637. The van der Waals surface area contributed by atoms with Crippen LogP contribution in [0.4, 0.5) is 5.69 Å². The number of piperidine rings is 1. The Morgan fingerprint density at radius 1 is 1.29 bits per heavy atom. The van der Waals surface area contributed by atoms with Crippen LogP contribution in [0.5, 0.6) is 0 Å². The first kappa shape index (κ1) is 18.4. The minimum absolute atomic E-state index is 0. The Labute approximate surface area is 147 Å². The molecule has 0 unspecified atom stereocenters. The quantitative estimate of drug-likeness (QED) is 0.764. The van der Waals surface area contributed by atoms with Crippen molar-refractivity contribution in [3.8, 4) is 0 Å². The summed E-state index contributed by atoms with van der Waals surface area (Å²) in [7, 11) is 0. The van der Waals surface area contributed by atoms with Crippen LogP contribution in [0.15, 0.2) is 42.7 Å². The van der Waals surface area contributed by atoms with E-state index < -0.39 is 5.54 Å². The Hall–Kier alpha value is -1.89. The molecule has 7 heteroatoms. The standard InChI is InChI=1S/C17H22N4O2.ClH/c22-13-6-14-2-4-15(5-3-14)20-16(23)17(7-10-18-11-8-17)21-12-1-9-19-21;/h1-5,9,12,18,22H,6-8,10-11,13H2,(H,20,23);1H. The molecule has 2 heterocycles. The zero-order chi connectivity index (χ0) is 16.1. The van der Waals surface area contributed by atoms with E-state index in [9.17, 15) is 4.79 Å². The second-order valence-corrected chi connectivity index (χ2v) is 5.86. The number of halogens is 1. The number of hydrogen-bond acceptors (Lipinski definition) is 4. The Kier molecular flexibility index (Phi) is 6.36. The second kappa shape index (κ2) is 8.28. The largest absolute Gasteiger partial charge is 0.396 e. The lowest BCUT2D eigenvalue weighted by molar-refractivity contribution is -0.126. The van der Waals surface area contributed by atoms with Crippen LogP contribution < -0.4 is 10.6 Å². The van der Waals surface area contributed by atoms with Crippen LogP contribution in [-0.4, -0.2) is 40.5 Å². The molecule has 1 aliphatic rings. The van der Waals surface area contributed by atoms with E-state index in [4.69, 9.17) is 5.11 Å². The molecule has 1 aromatic carbocycles. The lowest BCUT2D eigenvalue weighted by Crippen LogP contribution is -2.52. The lowest BCUT2D eigenvalue weighted by Gasteiger charge is -2.36. The molecule has 3 N–H and O–H groups in total. The molecule has 0 bridgehead atoms. The van der Waals surface area contributed by atoms with Gasteiger partial charge in [-0.2, -0.15) is 5.10 Å². The van der Waals surface area contributed by atoms with Gasteiger partial charge in [0.05, 0.1) is 0 Å². The molecule has 0 saturated carbocycles. The molecule has 1 aromatic heterocycles. The highest BCUT2D eigenvalue weighted by atomic mass is 35.5. The third kappa shape index (κ3) is 3.77. The van der Waals surface area contributed by atoms with E-state index in [1.165, 1.54) is 0 Å².